The van der Waals surface area contributed by atoms with E-state index in [4.69, 9.17) is 22.8 Å². The van der Waals surface area contributed by atoms with Gasteiger partial charge < -0.3 is 4.74 Å². The molecule has 0 bridgehead atoms. The summed E-state index contributed by atoms with van der Waals surface area (Å²) in [6, 6.07) is 3.61. The fourth-order valence-corrected chi connectivity index (χ4v) is 3.53. The molecule has 0 atom stereocenters. The first-order valence-corrected chi connectivity index (χ1v) is 8.26. The molecule has 1 aliphatic rings. The molecule has 0 saturated heterocycles. The van der Waals surface area contributed by atoms with Gasteiger partial charge in [-0.1, -0.05) is 49.6 Å². The molecule has 0 amide bonds. The summed E-state index contributed by atoms with van der Waals surface area (Å²) in [7, 11) is 0. The average Bonchev–Trinajstić information content (AvgIpc) is 3.04. The minimum absolute atomic E-state index is 0.0947. The average molecular weight is 350 g/mol. The highest BCUT2D eigenvalue weighted by atomic mass is 35.5. The zero-order valence-electron chi connectivity index (χ0n) is 13.1. The van der Waals surface area contributed by atoms with E-state index >= 15 is 0 Å². The Kier molecular flexibility index (Phi) is 3.86. The van der Waals surface area contributed by atoms with Crippen molar-refractivity contribution in [2.75, 3.05) is 11.7 Å². The van der Waals surface area contributed by atoms with E-state index in [1.165, 1.54) is 0 Å². The predicted octanol–water partition coefficient (Wildman–Crippen LogP) is 3.50. The number of rotatable bonds is 2. The van der Waals surface area contributed by atoms with E-state index in [0.717, 1.165) is 21.6 Å². The van der Waals surface area contributed by atoms with Crippen LogP contribution in [0.2, 0.25) is 5.02 Å². The Labute approximate surface area is 143 Å². The number of anilines is 1. The van der Waals surface area contributed by atoms with Crippen LogP contribution in [0.5, 0.6) is 0 Å². The van der Waals surface area contributed by atoms with E-state index in [2.05, 4.69) is 11.0 Å². The van der Waals surface area contributed by atoms with Gasteiger partial charge in [0.2, 0.25) is 5.90 Å². The third kappa shape index (κ3) is 2.82. The highest BCUT2D eigenvalue weighted by Crippen LogP contribution is 2.34. The maximum Gasteiger partial charge on any atom is 0.309 e. The van der Waals surface area contributed by atoms with Crippen LogP contribution >= 0.6 is 22.9 Å². The zero-order valence-corrected chi connectivity index (χ0v) is 14.7. The second-order valence-electron chi connectivity index (χ2n) is 6.26. The zero-order chi connectivity index (χ0) is 16.8. The number of nitrogens with zero attached hydrogens (tertiary/aromatic N) is 3. The van der Waals surface area contributed by atoms with E-state index in [-0.39, 0.29) is 16.8 Å². The Bertz CT molecular complexity index is 899. The van der Waals surface area contributed by atoms with Gasteiger partial charge in [0.15, 0.2) is 6.73 Å². The first-order chi connectivity index (χ1) is 10.8. The van der Waals surface area contributed by atoms with Crippen LogP contribution in [0.1, 0.15) is 20.8 Å². The molecule has 0 spiro atoms. The molecule has 1 aromatic heterocycles. The third-order valence-corrected chi connectivity index (χ3v) is 4.69. The molecule has 0 unspecified atom stereocenters. The summed E-state index contributed by atoms with van der Waals surface area (Å²) in [6.45, 7) is 6.62. The fraction of sp³-hybridized carbons (Fsp3) is 0.375. The molecule has 23 heavy (non-hydrogen) atoms. The Hall–Kier alpha value is -1.97. The number of hydrogen-bond acceptors (Lipinski definition) is 5. The highest BCUT2D eigenvalue weighted by Gasteiger charge is 2.29. The van der Waals surface area contributed by atoms with Gasteiger partial charge in [0.25, 0.3) is 0 Å². The van der Waals surface area contributed by atoms with Crippen LogP contribution in [0.4, 0.5) is 5.69 Å². The van der Waals surface area contributed by atoms with Crippen LogP contribution in [-0.2, 0) is 11.3 Å². The van der Waals surface area contributed by atoms with E-state index in [9.17, 15) is 4.79 Å². The van der Waals surface area contributed by atoms with Crippen molar-refractivity contribution < 1.29 is 4.74 Å². The van der Waals surface area contributed by atoms with Crippen molar-refractivity contribution in [2.24, 2.45) is 10.5 Å². The van der Waals surface area contributed by atoms with Crippen LogP contribution in [-0.4, -0.2) is 17.2 Å². The summed E-state index contributed by atoms with van der Waals surface area (Å²) in [5, 5.41) is 6.72. The molecule has 7 heteroatoms. The van der Waals surface area contributed by atoms with Crippen molar-refractivity contribution in [3.05, 3.63) is 26.8 Å². The minimum atomic E-state index is -0.181. The minimum Gasteiger partial charge on any atom is -0.456 e. The molecule has 5 nitrogen and oxygen atoms in total. The number of halogens is 1. The maximum atomic E-state index is 12.0. The number of hydrazone groups is 1. The van der Waals surface area contributed by atoms with Crippen LogP contribution in [0.15, 0.2) is 22.0 Å². The lowest BCUT2D eigenvalue weighted by atomic mass is 9.97. The molecule has 1 aromatic carbocycles. The van der Waals surface area contributed by atoms with E-state index in [0.29, 0.717) is 23.3 Å². The number of benzene rings is 1. The Balaban J connectivity index is 2.11. The maximum absolute atomic E-state index is 12.0. The van der Waals surface area contributed by atoms with Crippen LogP contribution in [0, 0.1) is 17.8 Å². The fourth-order valence-electron chi connectivity index (χ4n) is 2.29. The van der Waals surface area contributed by atoms with Crippen molar-refractivity contribution in [1.82, 2.24) is 4.57 Å². The van der Waals surface area contributed by atoms with Crippen LogP contribution in [0.25, 0.3) is 10.2 Å². The van der Waals surface area contributed by atoms with Gasteiger partial charge >= 0.3 is 4.87 Å². The highest BCUT2D eigenvalue weighted by molar-refractivity contribution is 7.16. The number of ether oxygens (including phenoxy) is 1. The molecule has 120 valence electrons. The molecule has 1 aliphatic heterocycles. The molecule has 0 N–H and O–H groups in total. The topological polar surface area (TPSA) is 46.8 Å². The molecule has 0 aliphatic carbocycles. The molecule has 2 heterocycles. The molecule has 0 fully saturated rings. The molecule has 0 radical (unpaired) electrons. The quantitative estimate of drug-likeness (QED) is 0.779. The number of aromatic nitrogens is 1. The lowest BCUT2D eigenvalue weighted by Gasteiger charge is -2.15. The van der Waals surface area contributed by atoms with Gasteiger partial charge in [-0.05, 0) is 12.1 Å². The number of thiazole rings is 1. The molecule has 2 aromatic rings. The van der Waals surface area contributed by atoms with E-state index in [1.54, 1.807) is 15.6 Å². The van der Waals surface area contributed by atoms with Gasteiger partial charge in [-0.3, -0.25) is 9.36 Å². The van der Waals surface area contributed by atoms with Crippen molar-refractivity contribution in [3.63, 3.8) is 0 Å². The second kappa shape index (κ2) is 5.59. The van der Waals surface area contributed by atoms with Gasteiger partial charge in [-0.25, -0.2) is 5.01 Å². The smallest absolute Gasteiger partial charge is 0.309 e. The van der Waals surface area contributed by atoms with Gasteiger partial charge in [0, 0.05) is 5.41 Å². The molecule has 0 saturated carbocycles. The van der Waals surface area contributed by atoms with Gasteiger partial charge in [-0.15, -0.1) is 11.5 Å². The summed E-state index contributed by atoms with van der Waals surface area (Å²) >= 11 is 7.50. The van der Waals surface area contributed by atoms with E-state index in [1.807, 2.05) is 26.8 Å². The van der Waals surface area contributed by atoms with Crippen LogP contribution < -0.4 is 9.88 Å². The van der Waals surface area contributed by atoms with Gasteiger partial charge in [0.1, 0.15) is 0 Å². The molecular weight excluding hydrogens is 334 g/mol. The van der Waals surface area contributed by atoms with Gasteiger partial charge in [0.05, 0.1) is 27.5 Å². The van der Waals surface area contributed by atoms with Crippen LogP contribution in [0.3, 0.4) is 0 Å². The standard InChI is InChI=1S/C16H16ClN3O2S/c1-5-6-19-12-8-11(10(17)7-13(12)23-15(19)21)20-9-22-14(18-20)16(2,3)4/h1,7-8H,6,9H2,2-4H3. The predicted molar refractivity (Wildman–Crippen MR) is 95.2 cm³/mol. The summed E-state index contributed by atoms with van der Waals surface area (Å²) in [4.78, 5) is 11.9. The largest absolute Gasteiger partial charge is 0.456 e. The lowest BCUT2D eigenvalue weighted by Crippen LogP contribution is -2.20. The second-order valence-corrected chi connectivity index (χ2v) is 7.66. The van der Waals surface area contributed by atoms with Crippen molar-refractivity contribution in [1.29, 1.82) is 0 Å². The molecular formula is C16H16ClN3O2S. The summed E-state index contributed by atoms with van der Waals surface area (Å²) in [5.41, 5.74) is 1.28. The summed E-state index contributed by atoms with van der Waals surface area (Å²) in [6.07, 6.45) is 5.35. The Morgan fingerprint density at radius 2 is 2.22 bits per heavy atom. The lowest BCUT2D eigenvalue weighted by molar-refractivity contribution is 0.296. The molecule has 3 rings (SSSR count). The Morgan fingerprint density at radius 3 is 2.83 bits per heavy atom. The number of fused-ring (bicyclic) bond motifs is 1. The normalized spacial score (nSPS) is 14.7. The van der Waals surface area contributed by atoms with Crippen molar-refractivity contribution in [3.8, 4) is 12.3 Å². The van der Waals surface area contributed by atoms with E-state index < -0.39 is 0 Å². The monoisotopic (exact) mass is 349 g/mol. The Morgan fingerprint density at radius 1 is 1.48 bits per heavy atom. The van der Waals surface area contributed by atoms with Gasteiger partial charge in [-0.2, -0.15) is 0 Å². The first kappa shape index (κ1) is 15.9. The third-order valence-electron chi connectivity index (χ3n) is 3.44. The summed E-state index contributed by atoms with van der Waals surface area (Å²) < 4.78 is 8.02. The summed E-state index contributed by atoms with van der Waals surface area (Å²) in [5.74, 6) is 3.16. The first-order valence-electron chi connectivity index (χ1n) is 7.07. The SMILES string of the molecule is C#CCn1c(=O)sc2cc(Cl)c(N3COC(C(C)(C)C)=N3)cc21. The van der Waals surface area contributed by atoms with Crippen molar-refractivity contribution in [2.45, 2.75) is 27.3 Å². The number of hydrogen-bond donors (Lipinski definition) is 0. The number of terminal acetylenes is 1. The van der Waals surface area contributed by atoms with Crippen molar-refractivity contribution >= 4 is 44.7 Å².